The van der Waals surface area contributed by atoms with E-state index in [1.165, 1.54) is 7.11 Å². The number of para-hydroxylation sites is 1. The molecular formula is C14H20ClNO3. The summed E-state index contributed by atoms with van der Waals surface area (Å²) in [7, 11) is 1.37. The van der Waals surface area contributed by atoms with Crippen molar-refractivity contribution in [3.8, 4) is 5.75 Å². The lowest BCUT2D eigenvalue weighted by molar-refractivity contribution is -0.144. The first-order chi connectivity index (χ1) is 9.01. The molecule has 0 aromatic heterocycles. The molecule has 0 saturated carbocycles. The fourth-order valence-corrected chi connectivity index (χ4v) is 2.00. The van der Waals surface area contributed by atoms with Gasteiger partial charge in [-0.25, -0.2) is 0 Å². The van der Waals surface area contributed by atoms with Crippen molar-refractivity contribution in [2.24, 2.45) is 5.92 Å². The molecule has 0 fully saturated rings. The molecule has 106 valence electrons. The van der Waals surface area contributed by atoms with E-state index >= 15 is 0 Å². The summed E-state index contributed by atoms with van der Waals surface area (Å²) in [6.45, 7) is 4.35. The minimum atomic E-state index is -0.395. The maximum atomic E-state index is 11.7. The van der Waals surface area contributed by atoms with Crippen LogP contribution in [0.5, 0.6) is 5.75 Å². The SMILES string of the molecule is CCC(C)C(NCc1cccc(Cl)c1O)C(=O)OC. The molecule has 1 aromatic carbocycles. The van der Waals surface area contributed by atoms with Gasteiger partial charge in [0, 0.05) is 12.1 Å². The molecule has 2 unspecified atom stereocenters. The zero-order valence-corrected chi connectivity index (χ0v) is 12.2. The highest BCUT2D eigenvalue weighted by molar-refractivity contribution is 6.32. The zero-order valence-electron chi connectivity index (χ0n) is 11.4. The van der Waals surface area contributed by atoms with Crippen LogP contribution < -0.4 is 5.32 Å². The van der Waals surface area contributed by atoms with E-state index in [-0.39, 0.29) is 17.6 Å². The average molecular weight is 286 g/mol. The quantitative estimate of drug-likeness (QED) is 0.789. The molecule has 1 aromatic rings. The Balaban J connectivity index is 2.76. The topological polar surface area (TPSA) is 58.6 Å². The standard InChI is InChI=1S/C14H20ClNO3/c1-4-9(2)12(14(18)19-3)16-8-10-6-5-7-11(15)13(10)17/h5-7,9,12,16-17H,4,8H2,1-3H3. The van der Waals surface area contributed by atoms with Crippen molar-refractivity contribution < 1.29 is 14.6 Å². The van der Waals surface area contributed by atoms with Crippen molar-refractivity contribution in [1.82, 2.24) is 5.32 Å². The summed E-state index contributed by atoms with van der Waals surface area (Å²) < 4.78 is 4.79. The number of hydrogen-bond acceptors (Lipinski definition) is 4. The van der Waals surface area contributed by atoms with Gasteiger partial charge in [-0.1, -0.05) is 44.0 Å². The lowest BCUT2D eigenvalue weighted by atomic mass is 9.99. The minimum absolute atomic E-state index is 0.0458. The first-order valence-electron chi connectivity index (χ1n) is 6.28. The fraction of sp³-hybridized carbons (Fsp3) is 0.500. The molecule has 1 rings (SSSR count). The normalized spacial score (nSPS) is 13.9. The number of phenols is 1. The lowest BCUT2D eigenvalue weighted by Gasteiger charge is -2.22. The average Bonchev–Trinajstić information content (AvgIpc) is 2.42. The van der Waals surface area contributed by atoms with Crippen molar-refractivity contribution in [3.05, 3.63) is 28.8 Å². The maximum Gasteiger partial charge on any atom is 0.323 e. The van der Waals surface area contributed by atoms with E-state index in [0.717, 1.165) is 6.42 Å². The van der Waals surface area contributed by atoms with Crippen molar-refractivity contribution in [2.45, 2.75) is 32.9 Å². The Morgan fingerprint density at radius 3 is 2.79 bits per heavy atom. The number of carbonyl (C=O) groups is 1. The number of nitrogens with one attached hydrogen (secondary N) is 1. The largest absolute Gasteiger partial charge is 0.506 e. The highest BCUT2D eigenvalue weighted by Gasteiger charge is 2.24. The number of esters is 1. The Kier molecular flexibility index (Phi) is 6.12. The summed E-state index contributed by atoms with van der Waals surface area (Å²) in [5.74, 6) is -0.103. The van der Waals surface area contributed by atoms with Crippen LogP contribution in [0, 0.1) is 5.92 Å². The molecule has 2 atom stereocenters. The van der Waals surface area contributed by atoms with Gasteiger partial charge in [-0.3, -0.25) is 10.1 Å². The van der Waals surface area contributed by atoms with Crippen LogP contribution in [0.2, 0.25) is 5.02 Å². The molecule has 0 radical (unpaired) electrons. The molecule has 0 aliphatic carbocycles. The first-order valence-corrected chi connectivity index (χ1v) is 6.66. The van der Waals surface area contributed by atoms with E-state index < -0.39 is 6.04 Å². The summed E-state index contributed by atoms with van der Waals surface area (Å²) in [6.07, 6.45) is 0.855. The van der Waals surface area contributed by atoms with Crippen molar-refractivity contribution in [2.75, 3.05) is 7.11 Å². The molecule has 0 aliphatic heterocycles. The van der Waals surface area contributed by atoms with Crippen LogP contribution in [0.1, 0.15) is 25.8 Å². The van der Waals surface area contributed by atoms with E-state index in [0.29, 0.717) is 17.1 Å². The van der Waals surface area contributed by atoms with E-state index in [2.05, 4.69) is 5.32 Å². The Bertz CT molecular complexity index is 437. The molecule has 5 heteroatoms. The highest BCUT2D eigenvalue weighted by Crippen LogP contribution is 2.27. The van der Waals surface area contributed by atoms with Gasteiger partial charge in [-0.2, -0.15) is 0 Å². The van der Waals surface area contributed by atoms with Gasteiger partial charge in [0.05, 0.1) is 12.1 Å². The molecule has 0 saturated heterocycles. The van der Waals surface area contributed by atoms with Crippen LogP contribution in [0.3, 0.4) is 0 Å². The molecule has 4 nitrogen and oxygen atoms in total. The number of benzene rings is 1. The minimum Gasteiger partial charge on any atom is -0.506 e. The van der Waals surface area contributed by atoms with Gasteiger partial charge in [0.2, 0.25) is 0 Å². The Morgan fingerprint density at radius 2 is 2.21 bits per heavy atom. The number of phenolic OH excluding ortho intramolecular Hbond substituents is 1. The zero-order chi connectivity index (χ0) is 14.4. The van der Waals surface area contributed by atoms with E-state index in [9.17, 15) is 9.90 Å². The third-order valence-electron chi connectivity index (χ3n) is 3.25. The number of aromatic hydroxyl groups is 1. The van der Waals surface area contributed by atoms with Gasteiger partial charge in [0.1, 0.15) is 11.8 Å². The lowest BCUT2D eigenvalue weighted by Crippen LogP contribution is -2.42. The van der Waals surface area contributed by atoms with Crippen LogP contribution >= 0.6 is 11.6 Å². The van der Waals surface area contributed by atoms with E-state index in [4.69, 9.17) is 16.3 Å². The number of methoxy groups -OCH3 is 1. The van der Waals surface area contributed by atoms with Crippen molar-refractivity contribution in [1.29, 1.82) is 0 Å². The van der Waals surface area contributed by atoms with Crippen LogP contribution in [0.15, 0.2) is 18.2 Å². The summed E-state index contributed by atoms with van der Waals surface area (Å²) >= 11 is 5.84. The third-order valence-corrected chi connectivity index (χ3v) is 3.56. The molecule has 19 heavy (non-hydrogen) atoms. The molecular weight excluding hydrogens is 266 g/mol. The molecule has 0 heterocycles. The van der Waals surface area contributed by atoms with Crippen LogP contribution in [-0.4, -0.2) is 24.2 Å². The smallest absolute Gasteiger partial charge is 0.323 e. The number of rotatable bonds is 6. The predicted octanol–water partition coefficient (Wildman–Crippen LogP) is 2.72. The van der Waals surface area contributed by atoms with Crippen LogP contribution in [0.25, 0.3) is 0 Å². The van der Waals surface area contributed by atoms with Gasteiger partial charge >= 0.3 is 5.97 Å². The van der Waals surface area contributed by atoms with E-state index in [1.54, 1.807) is 18.2 Å². The highest BCUT2D eigenvalue weighted by atomic mass is 35.5. The fourth-order valence-electron chi connectivity index (χ4n) is 1.80. The Morgan fingerprint density at radius 1 is 1.53 bits per heavy atom. The summed E-state index contributed by atoms with van der Waals surface area (Å²) in [5, 5.41) is 13.2. The summed E-state index contributed by atoms with van der Waals surface area (Å²) in [6, 6.07) is 4.75. The van der Waals surface area contributed by atoms with Gasteiger partial charge < -0.3 is 9.84 Å². The maximum absolute atomic E-state index is 11.7. The second-order valence-electron chi connectivity index (χ2n) is 4.51. The molecule has 0 aliphatic rings. The second-order valence-corrected chi connectivity index (χ2v) is 4.92. The second kappa shape index (κ2) is 7.36. The Labute approximate surface area is 118 Å². The van der Waals surface area contributed by atoms with Gasteiger partial charge in [-0.05, 0) is 12.0 Å². The van der Waals surface area contributed by atoms with Crippen molar-refractivity contribution in [3.63, 3.8) is 0 Å². The van der Waals surface area contributed by atoms with Crippen LogP contribution in [0.4, 0.5) is 0 Å². The van der Waals surface area contributed by atoms with Gasteiger partial charge in [0.15, 0.2) is 0 Å². The number of halogens is 1. The van der Waals surface area contributed by atoms with Gasteiger partial charge in [0.25, 0.3) is 0 Å². The summed E-state index contributed by atoms with van der Waals surface area (Å²) in [5.41, 5.74) is 0.657. The molecule has 0 amide bonds. The molecule has 0 bridgehead atoms. The monoisotopic (exact) mass is 285 g/mol. The third kappa shape index (κ3) is 4.11. The number of ether oxygens (including phenoxy) is 1. The number of carbonyl (C=O) groups excluding carboxylic acids is 1. The number of hydrogen-bond donors (Lipinski definition) is 2. The molecule has 0 spiro atoms. The van der Waals surface area contributed by atoms with E-state index in [1.807, 2.05) is 13.8 Å². The first kappa shape index (κ1) is 15.8. The van der Waals surface area contributed by atoms with Gasteiger partial charge in [-0.15, -0.1) is 0 Å². The Hall–Kier alpha value is -1.26. The van der Waals surface area contributed by atoms with Crippen LogP contribution in [-0.2, 0) is 16.1 Å². The summed E-state index contributed by atoms with van der Waals surface area (Å²) in [4.78, 5) is 11.7. The predicted molar refractivity (Wildman–Crippen MR) is 75.2 cm³/mol. The van der Waals surface area contributed by atoms with Crippen molar-refractivity contribution >= 4 is 17.6 Å². The molecule has 2 N–H and O–H groups in total.